The molecule has 156 valence electrons. The summed E-state index contributed by atoms with van der Waals surface area (Å²) in [5, 5.41) is 5.60. The minimum Gasteiger partial charge on any atom is -0.376 e. The molecule has 0 aliphatic heterocycles. The molecule has 0 spiro atoms. The molecule has 2 amide bonds. The maximum Gasteiger partial charge on any atom is 0.251 e. The lowest BCUT2D eigenvalue weighted by molar-refractivity contribution is -0.123. The SMILES string of the molecule is CC(NC(=O)c1ccc(C(C)(C)C)cc1)C(=O)NCCOC1CCCCC1C. The molecule has 1 aromatic rings. The Bertz CT molecular complexity index is 649. The van der Waals surface area contributed by atoms with E-state index in [1.807, 2.05) is 12.1 Å². The van der Waals surface area contributed by atoms with Gasteiger partial charge in [0.15, 0.2) is 0 Å². The van der Waals surface area contributed by atoms with Crippen molar-refractivity contribution in [2.45, 2.75) is 77.9 Å². The lowest BCUT2D eigenvalue weighted by Crippen LogP contribution is -2.45. The second kappa shape index (κ2) is 10.1. The van der Waals surface area contributed by atoms with Gasteiger partial charge in [-0.1, -0.05) is 52.7 Å². The van der Waals surface area contributed by atoms with E-state index in [4.69, 9.17) is 4.74 Å². The van der Waals surface area contributed by atoms with Crippen LogP contribution in [-0.2, 0) is 14.9 Å². The van der Waals surface area contributed by atoms with E-state index in [-0.39, 0.29) is 17.2 Å². The Morgan fingerprint density at radius 2 is 1.79 bits per heavy atom. The summed E-state index contributed by atoms with van der Waals surface area (Å²) in [6.07, 6.45) is 5.14. The molecule has 0 radical (unpaired) electrons. The molecule has 3 unspecified atom stereocenters. The first-order chi connectivity index (χ1) is 13.2. The zero-order chi connectivity index (χ0) is 20.7. The maximum absolute atomic E-state index is 12.4. The lowest BCUT2D eigenvalue weighted by Gasteiger charge is -2.28. The molecule has 3 atom stereocenters. The van der Waals surface area contributed by atoms with Crippen molar-refractivity contribution < 1.29 is 14.3 Å². The Morgan fingerprint density at radius 3 is 2.39 bits per heavy atom. The lowest BCUT2D eigenvalue weighted by atomic mass is 9.86. The highest BCUT2D eigenvalue weighted by Gasteiger charge is 2.22. The van der Waals surface area contributed by atoms with Crippen molar-refractivity contribution in [3.8, 4) is 0 Å². The summed E-state index contributed by atoms with van der Waals surface area (Å²) in [4.78, 5) is 24.6. The number of hydrogen-bond donors (Lipinski definition) is 2. The fourth-order valence-electron chi connectivity index (χ4n) is 3.53. The molecule has 5 heteroatoms. The molecule has 1 aliphatic carbocycles. The predicted molar refractivity (Wildman–Crippen MR) is 112 cm³/mol. The highest BCUT2D eigenvalue weighted by atomic mass is 16.5. The van der Waals surface area contributed by atoms with Gasteiger partial charge in [0.2, 0.25) is 5.91 Å². The highest BCUT2D eigenvalue weighted by molar-refractivity contribution is 5.97. The Balaban J connectivity index is 1.73. The minimum atomic E-state index is -0.594. The van der Waals surface area contributed by atoms with Crippen molar-refractivity contribution in [3.05, 3.63) is 35.4 Å². The van der Waals surface area contributed by atoms with Crippen molar-refractivity contribution >= 4 is 11.8 Å². The first kappa shape index (κ1) is 22.4. The summed E-state index contributed by atoms with van der Waals surface area (Å²) in [6, 6.07) is 6.94. The summed E-state index contributed by atoms with van der Waals surface area (Å²) in [7, 11) is 0. The molecule has 0 saturated heterocycles. The number of carbonyl (C=O) groups is 2. The number of benzene rings is 1. The quantitative estimate of drug-likeness (QED) is 0.698. The van der Waals surface area contributed by atoms with Crippen LogP contribution in [-0.4, -0.2) is 37.1 Å². The van der Waals surface area contributed by atoms with Gasteiger partial charge in [0, 0.05) is 12.1 Å². The van der Waals surface area contributed by atoms with Crippen LogP contribution in [0.15, 0.2) is 24.3 Å². The van der Waals surface area contributed by atoms with E-state index in [1.54, 1.807) is 19.1 Å². The molecule has 0 aromatic heterocycles. The van der Waals surface area contributed by atoms with Gasteiger partial charge >= 0.3 is 0 Å². The van der Waals surface area contributed by atoms with Crippen LogP contribution in [0.3, 0.4) is 0 Å². The molecule has 1 saturated carbocycles. The van der Waals surface area contributed by atoms with Crippen molar-refractivity contribution in [2.24, 2.45) is 5.92 Å². The molecule has 1 aliphatic rings. The van der Waals surface area contributed by atoms with Gasteiger partial charge in [-0.3, -0.25) is 9.59 Å². The smallest absolute Gasteiger partial charge is 0.251 e. The van der Waals surface area contributed by atoms with E-state index in [9.17, 15) is 9.59 Å². The van der Waals surface area contributed by atoms with Crippen LogP contribution < -0.4 is 10.6 Å². The average molecular weight is 389 g/mol. The number of amides is 2. The van der Waals surface area contributed by atoms with E-state index < -0.39 is 6.04 Å². The van der Waals surface area contributed by atoms with Gasteiger partial charge < -0.3 is 15.4 Å². The van der Waals surface area contributed by atoms with Crippen LogP contribution in [0.25, 0.3) is 0 Å². The Morgan fingerprint density at radius 1 is 1.14 bits per heavy atom. The largest absolute Gasteiger partial charge is 0.376 e. The van der Waals surface area contributed by atoms with Crippen molar-refractivity contribution in [1.82, 2.24) is 10.6 Å². The number of carbonyl (C=O) groups excluding carboxylic acids is 2. The Hall–Kier alpha value is -1.88. The van der Waals surface area contributed by atoms with Crippen LogP contribution in [0.1, 0.15) is 76.2 Å². The third kappa shape index (κ3) is 6.62. The number of rotatable bonds is 7. The number of hydrogen-bond acceptors (Lipinski definition) is 3. The summed E-state index contributed by atoms with van der Waals surface area (Å²) in [6.45, 7) is 11.3. The molecular formula is C23H36N2O3. The standard InChI is InChI=1S/C23H36N2O3/c1-16-8-6-7-9-20(16)28-15-14-24-21(26)17(2)25-22(27)18-10-12-19(13-11-18)23(3,4)5/h10-13,16-17,20H,6-9,14-15H2,1-5H3,(H,24,26)(H,25,27). The van der Waals surface area contributed by atoms with E-state index >= 15 is 0 Å². The van der Waals surface area contributed by atoms with Gasteiger partial charge in [-0.05, 0) is 48.8 Å². The minimum absolute atomic E-state index is 0.0413. The van der Waals surface area contributed by atoms with Crippen molar-refractivity contribution in [2.75, 3.05) is 13.2 Å². The number of nitrogens with one attached hydrogen (secondary N) is 2. The third-order valence-electron chi connectivity index (χ3n) is 5.52. The molecule has 5 nitrogen and oxygen atoms in total. The molecule has 28 heavy (non-hydrogen) atoms. The first-order valence-electron chi connectivity index (χ1n) is 10.5. The van der Waals surface area contributed by atoms with Gasteiger partial charge in [-0.15, -0.1) is 0 Å². The van der Waals surface area contributed by atoms with Gasteiger partial charge in [-0.25, -0.2) is 0 Å². The predicted octanol–water partition coefficient (Wildman–Crippen LogP) is 3.81. The van der Waals surface area contributed by atoms with Crippen molar-refractivity contribution in [1.29, 1.82) is 0 Å². The topological polar surface area (TPSA) is 67.4 Å². The van der Waals surface area contributed by atoms with Gasteiger partial charge in [0.1, 0.15) is 6.04 Å². The van der Waals surface area contributed by atoms with Crippen LogP contribution in [0.5, 0.6) is 0 Å². The second-order valence-electron chi connectivity index (χ2n) is 8.98. The molecular weight excluding hydrogens is 352 g/mol. The average Bonchev–Trinajstić information content (AvgIpc) is 2.65. The van der Waals surface area contributed by atoms with E-state index in [1.165, 1.54) is 24.8 Å². The summed E-state index contributed by atoms with van der Waals surface area (Å²) in [5.74, 6) is 0.155. The van der Waals surface area contributed by atoms with Gasteiger partial charge in [-0.2, -0.15) is 0 Å². The normalized spacial score (nSPS) is 21.0. The molecule has 0 bridgehead atoms. The molecule has 0 heterocycles. The fourth-order valence-corrected chi connectivity index (χ4v) is 3.53. The summed E-state index contributed by atoms with van der Waals surface area (Å²) in [5.41, 5.74) is 1.77. The van der Waals surface area contributed by atoms with E-state index in [0.717, 1.165) is 6.42 Å². The summed E-state index contributed by atoms with van der Waals surface area (Å²) < 4.78 is 5.91. The Labute approximate surface area is 169 Å². The van der Waals surface area contributed by atoms with E-state index in [2.05, 4.69) is 38.3 Å². The molecule has 2 N–H and O–H groups in total. The zero-order valence-electron chi connectivity index (χ0n) is 18.0. The van der Waals surface area contributed by atoms with Crippen LogP contribution in [0, 0.1) is 5.92 Å². The monoisotopic (exact) mass is 388 g/mol. The van der Waals surface area contributed by atoms with Crippen LogP contribution >= 0.6 is 0 Å². The van der Waals surface area contributed by atoms with Crippen LogP contribution in [0.4, 0.5) is 0 Å². The Kier molecular flexibility index (Phi) is 8.05. The third-order valence-corrected chi connectivity index (χ3v) is 5.52. The molecule has 1 fully saturated rings. The van der Waals surface area contributed by atoms with Gasteiger partial charge in [0.25, 0.3) is 5.91 Å². The first-order valence-corrected chi connectivity index (χ1v) is 10.5. The number of ether oxygens (including phenoxy) is 1. The van der Waals surface area contributed by atoms with E-state index in [0.29, 0.717) is 30.7 Å². The maximum atomic E-state index is 12.4. The van der Waals surface area contributed by atoms with Gasteiger partial charge in [0.05, 0.1) is 12.7 Å². The molecule has 1 aromatic carbocycles. The zero-order valence-corrected chi connectivity index (χ0v) is 18.0. The summed E-state index contributed by atoms with van der Waals surface area (Å²) >= 11 is 0. The second-order valence-corrected chi connectivity index (χ2v) is 8.98. The van der Waals surface area contributed by atoms with Crippen molar-refractivity contribution in [3.63, 3.8) is 0 Å². The fraction of sp³-hybridized carbons (Fsp3) is 0.652. The highest BCUT2D eigenvalue weighted by Crippen LogP contribution is 2.26. The molecule has 2 rings (SSSR count). The van der Waals surface area contributed by atoms with Crippen LogP contribution in [0.2, 0.25) is 0 Å².